The van der Waals surface area contributed by atoms with Crippen molar-refractivity contribution in [1.82, 2.24) is 9.80 Å². The number of rotatable bonds is 5. The molecular weight excluding hydrogens is 372 g/mol. The predicted octanol–water partition coefficient (Wildman–Crippen LogP) is 4.51. The molecule has 30 heavy (non-hydrogen) atoms. The van der Waals surface area contributed by atoms with Crippen molar-refractivity contribution in [2.24, 2.45) is 5.92 Å². The molecule has 158 valence electrons. The van der Waals surface area contributed by atoms with Crippen LogP contribution in [-0.4, -0.2) is 47.8 Å². The molecule has 4 nitrogen and oxygen atoms in total. The van der Waals surface area contributed by atoms with Gasteiger partial charge in [-0.25, -0.2) is 0 Å². The molecule has 0 N–H and O–H groups in total. The molecule has 0 bridgehead atoms. The quantitative estimate of drug-likeness (QED) is 0.736. The third kappa shape index (κ3) is 4.75. The van der Waals surface area contributed by atoms with Gasteiger partial charge in [0.15, 0.2) is 0 Å². The van der Waals surface area contributed by atoms with Crippen LogP contribution in [0.25, 0.3) is 0 Å². The van der Waals surface area contributed by atoms with Crippen molar-refractivity contribution in [3.8, 4) is 0 Å². The Morgan fingerprint density at radius 3 is 2.13 bits per heavy atom. The Hall–Kier alpha value is -2.62. The molecule has 2 heterocycles. The standard InChI is InChI=1S/C26H32N2O2/c1-20(23-7-3-2-4-8-23)25(29)28-17-13-22(14-18-28)19-21-9-11-24(12-10-21)26(30)27-15-5-6-16-27/h2-4,7-12,20,22H,5-6,13-19H2,1H3. The molecule has 2 aliphatic rings. The predicted molar refractivity (Wildman–Crippen MR) is 119 cm³/mol. The SMILES string of the molecule is CC(C(=O)N1CCC(Cc2ccc(C(=O)N3CCCC3)cc2)CC1)c1ccccc1. The maximum atomic E-state index is 12.9. The Morgan fingerprint density at radius 2 is 1.50 bits per heavy atom. The molecule has 0 aliphatic carbocycles. The Labute approximate surface area is 179 Å². The smallest absolute Gasteiger partial charge is 0.253 e. The first-order valence-corrected chi connectivity index (χ1v) is 11.3. The van der Waals surface area contributed by atoms with Gasteiger partial charge in [-0.2, -0.15) is 0 Å². The van der Waals surface area contributed by atoms with Gasteiger partial charge in [0, 0.05) is 31.7 Å². The minimum absolute atomic E-state index is 0.0801. The molecule has 2 aliphatic heterocycles. The van der Waals surface area contributed by atoms with Gasteiger partial charge in [-0.1, -0.05) is 42.5 Å². The van der Waals surface area contributed by atoms with Gasteiger partial charge in [-0.15, -0.1) is 0 Å². The summed E-state index contributed by atoms with van der Waals surface area (Å²) in [6.45, 7) is 5.47. The second-order valence-corrected chi connectivity index (χ2v) is 8.80. The summed E-state index contributed by atoms with van der Waals surface area (Å²) in [5, 5.41) is 0. The zero-order valence-corrected chi connectivity index (χ0v) is 17.9. The molecule has 0 radical (unpaired) electrons. The van der Waals surface area contributed by atoms with Gasteiger partial charge in [-0.05, 0) is 68.2 Å². The van der Waals surface area contributed by atoms with Crippen molar-refractivity contribution in [2.75, 3.05) is 26.2 Å². The summed E-state index contributed by atoms with van der Waals surface area (Å²) in [6, 6.07) is 18.2. The number of amides is 2. The first-order valence-electron chi connectivity index (χ1n) is 11.3. The van der Waals surface area contributed by atoms with Crippen LogP contribution in [0, 0.1) is 5.92 Å². The van der Waals surface area contributed by atoms with Crippen molar-refractivity contribution in [2.45, 2.75) is 44.9 Å². The van der Waals surface area contributed by atoms with Crippen molar-refractivity contribution < 1.29 is 9.59 Å². The van der Waals surface area contributed by atoms with Gasteiger partial charge in [-0.3, -0.25) is 9.59 Å². The highest BCUT2D eigenvalue weighted by Crippen LogP contribution is 2.25. The molecule has 2 amide bonds. The molecule has 2 aromatic rings. The third-order valence-corrected chi connectivity index (χ3v) is 6.71. The average molecular weight is 405 g/mol. The number of hydrogen-bond donors (Lipinski definition) is 0. The number of hydrogen-bond acceptors (Lipinski definition) is 2. The average Bonchev–Trinajstić information content (AvgIpc) is 3.34. The van der Waals surface area contributed by atoms with E-state index in [4.69, 9.17) is 0 Å². The van der Waals surface area contributed by atoms with E-state index in [9.17, 15) is 9.59 Å². The van der Waals surface area contributed by atoms with E-state index in [0.717, 1.165) is 69.4 Å². The summed E-state index contributed by atoms with van der Waals surface area (Å²) < 4.78 is 0. The number of nitrogens with zero attached hydrogens (tertiary/aromatic N) is 2. The Kier molecular flexibility index (Phi) is 6.51. The minimum atomic E-state index is -0.0801. The third-order valence-electron chi connectivity index (χ3n) is 6.71. The van der Waals surface area contributed by atoms with E-state index < -0.39 is 0 Å². The van der Waals surface area contributed by atoms with Gasteiger partial charge in [0.2, 0.25) is 5.91 Å². The topological polar surface area (TPSA) is 40.6 Å². The molecule has 1 unspecified atom stereocenters. The lowest BCUT2D eigenvalue weighted by Gasteiger charge is -2.34. The molecule has 0 spiro atoms. The van der Waals surface area contributed by atoms with Crippen LogP contribution >= 0.6 is 0 Å². The van der Waals surface area contributed by atoms with Crippen LogP contribution in [0.15, 0.2) is 54.6 Å². The maximum absolute atomic E-state index is 12.9. The van der Waals surface area contributed by atoms with E-state index in [2.05, 4.69) is 12.1 Å². The maximum Gasteiger partial charge on any atom is 0.253 e. The molecule has 0 aromatic heterocycles. The zero-order chi connectivity index (χ0) is 20.9. The van der Waals surface area contributed by atoms with E-state index in [1.807, 2.05) is 59.2 Å². The van der Waals surface area contributed by atoms with Crippen molar-refractivity contribution in [3.05, 3.63) is 71.3 Å². The summed E-state index contributed by atoms with van der Waals surface area (Å²) in [4.78, 5) is 29.3. The summed E-state index contributed by atoms with van der Waals surface area (Å²) in [7, 11) is 0. The van der Waals surface area contributed by atoms with Gasteiger partial charge < -0.3 is 9.80 Å². The Balaban J connectivity index is 1.27. The Bertz CT molecular complexity index is 848. The molecule has 1 atom stereocenters. The van der Waals surface area contributed by atoms with Gasteiger partial charge in [0.05, 0.1) is 5.92 Å². The fraction of sp³-hybridized carbons (Fsp3) is 0.462. The molecule has 2 fully saturated rings. The number of carbonyl (C=O) groups is 2. The van der Waals surface area contributed by atoms with Gasteiger partial charge in [0.25, 0.3) is 5.91 Å². The summed E-state index contributed by atoms with van der Waals surface area (Å²) in [5.41, 5.74) is 3.18. The first-order chi connectivity index (χ1) is 14.6. The van der Waals surface area contributed by atoms with E-state index >= 15 is 0 Å². The van der Waals surface area contributed by atoms with E-state index in [1.165, 1.54) is 5.56 Å². The fourth-order valence-corrected chi connectivity index (χ4v) is 4.74. The van der Waals surface area contributed by atoms with Crippen LogP contribution in [0.1, 0.15) is 60.0 Å². The Morgan fingerprint density at radius 1 is 0.867 bits per heavy atom. The fourth-order valence-electron chi connectivity index (χ4n) is 4.74. The van der Waals surface area contributed by atoms with Gasteiger partial charge >= 0.3 is 0 Å². The number of piperidine rings is 1. The van der Waals surface area contributed by atoms with Gasteiger partial charge in [0.1, 0.15) is 0 Å². The minimum Gasteiger partial charge on any atom is -0.342 e. The van der Waals surface area contributed by atoms with Crippen LogP contribution < -0.4 is 0 Å². The zero-order valence-electron chi connectivity index (χ0n) is 17.9. The lowest BCUT2D eigenvalue weighted by Crippen LogP contribution is -2.40. The van der Waals surface area contributed by atoms with Crippen molar-refractivity contribution in [3.63, 3.8) is 0 Å². The molecule has 2 saturated heterocycles. The number of carbonyl (C=O) groups excluding carboxylic acids is 2. The largest absolute Gasteiger partial charge is 0.342 e. The van der Waals surface area contributed by atoms with Crippen LogP contribution in [0.4, 0.5) is 0 Å². The molecule has 4 rings (SSSR count). The summed E-state index contributed by atoms with van der Waals surface area (Å²) >= 11 is 0. The van der Waals surface area contributed by atoms with Crippen molar-refractivity contribution >= 4 is 11.8 Å². The molecule has 0 saturated carbocycles. The van der Waals surface area contributed by atoms with Crippen LogP contribution in [0.3, 0.4) is 0 Å². The van der Waals surface area contributed by atoms with Crippen LogP contribution in [0.5, 0.6) is 0 Å². The first kappa shape index (κ1) is 20.6. The second kappa shape index (κ2) is 9.46. The highest BCUT2D eigenvalue weighted by Gasteiger charge is 2.27. The highest BCUT2D eigenvalue weighted by atomic mass is 16.2. The van der Waals surface area contributed by atoms with E-state index in [-0.39, 0.29) is 17.7 Å². The number of likely N-dealkylation sites (tertiary alicyclic amines) is 2. The monoisotopic (exact) mass is 404 g/mol. The summed E-state index contributed by atoms with van der Waals surface area (Å²) in [5.74, 6) is 0.924. The van der Waals surface area contributed by atoms with Crippen LogP contribution in [0.2, 0.25) is 0 Å². The highest BCUT2D eigenvalue weighted by molar-refractivity contribution is 5.94. The summed E-state index contributed by atoms with van der Waals surface area (Å²) in [6.07, 6.45) is 5.35. The molecular formula is C26H32N2O2. The lowest BCUT2D eigenvalue weighted by molar-refractivity contribution is -0.133. The normalized spacial score (nSPS) is 18.4. The van der Waals surface area contributed by atoms with Crippen molar-refractivity contribution in [1.29, 1.82) is 0 Å². The lowest BCUT2D eigenvalue weighted by atomic mass is 9.89. The number of benzene rings is 2. The van der Waals surface area contributed by atoms with E-state index in [0.29, 0.717) is 5.92 Å². The van der Waals surface area contributed by atoms with Crippen LogP contribution in [-0.2, 0) is 11.2 Å². The van der Waals surface area contributed by atoms with E-state index in [1.54, 1.807) is 0 Å². The molecule has 4 heteroatoms. The molecule has 2 aromatic carbocycles. The second-order valence-electron chi connectivity index (χ2n) is 8.80.